The summed E-state index contributed by atoms with van der Waals surface area (Å²) in [5.41, 5.74) is -0.101. The molecule has 1 nitrogen and oxygen atoms in total. The fraction of sp³-hybridized carbons (Fsp3) is 0.333. The third-order valence-electron chi connectivity index (χ3n) is 3.74. The van der Waals surface area contributed by atoms with Gasteiger partial charge < -0.3 is 4.43 Å². The molecule has 2 rings (SSSR count). The average Bonchev–Trinajstić information content (AvgIpc) is 2.48. The molecule has 0 aliphatic carbocycles. The zero-order chi connectivity index (χ0) is 15.5. The highest BCUT2D eigenvalue weighted by Crippen LogP contribution is 2.27. The molecule has 3 heteroatoms. The lowest BCUT2D eigenvalue weighted by Crippen LogP contribution is -2.60. The second-order valence-electron chi connectivity index (χ2n) is 6.60. The van der Waals surface area contributed by atoms with Gasteiger partial charge >= 0.3 is 0 Å². The van der Waals surface area contributed by atoms with Crippen LogP contribution in [0.5, 0.6) is 0 Å². The molecule has 0 amide bonds. The first-order valence-electron chi connectivity index (χ1n) is 7.31. The van der Waals surface area contributed by atoms with Gasteiger partial charge in [0.1, 0.15) is 0 Å². The molecule has 112 valence electrons. The van der Waals surface area contributed by atoms with Crippen LogP contribution in [-0.4, -0.2) is 13.8 Å². The standard InChI is InChI=1S/C18H24OSSi/c1-18(2,3)17(20)19-21(4,15-11-7-5-8-12-15)16-13-9-6-10-14-16/h5-14,17,20H,1-4H3. The van der Waals surface area contributed by atoms with E-state index < -0.39 is 8.32 Å². The maximum absolute atomic E-state index is 6.58. The Labute approximate surface area is 134 Å². The largest absolute Gasteiger partial charge is 0.396 e. The zero-order valence-electron chi connectivity index (χ0n) is 13.2. The Kier molecular flexibility index (Phi) is 4.97. The molecular weight excluding hydrogens is 292 g/mol. The van der Waals surface area contributed by atoms with Gasteiger partial charge in [0.05, 0.1) is 5.44 Å². The predicted molar refractivity (Wildman–Crippen MR) is 97.1 cm³/mol. The first-order chi connectivity index (χ1) is 9.84. The molecule has 0 saturated heterocycles. The molecule has 2 aromatic carbocycles. The normalized spacial score (nSPS) is 14.0. The quantitative estimate of drug-likeness (QED) is 0.514. The van der Waals surface area contributed by atoms with Crippen LogP contribution >= 0.6 is 12.6 Å². The summed E-state index contributed by atoms with van der Waals surface area (Å²) in [6, 6.07) is 21.1. The smallest absolute Gasteiger partial charge is 0.254 e. The lowest BCUT2D eigenvalue weighted by atomic mass is 9.98. The van der Waals surface area contributed by atoms with Gasteiger partial charge in [0.25, 0.3) is 8.32 Å². The van der Waals surface area contributed by atoms with Crippen molar-refractivity contribution in [1.29, 1.82) is 0 Å². The Hall–Kier alpha value is -1.03. The van der Waals surface area contributed by atoms with Crippen molar-refractivity contribution in [2.45, 2.75) is 32.8 Å². The molecule has 0 bridgehead atoms. The maximum atomic E-state index is 6.58. The predicted octanol–water partition coefficient (Wildman–Crippen LogP) is 3.69. The van der Waals surface area contributed by atoms with E-state index in [4.69, 9.17) is 17.1 Å². The summed E-state index contributed by atoms with van der Waals surface area (Å²) in [5.74, 6) is 0. The van der Waals surface area contributed by atoms with Gasteiger partial charge in [0.15, 0.2) is 0 Å². The zero-order valence-corrected chi connectivity index (χ0v) is 15.1. The molecule has 2 aromatic rings. The van der Waals surface area contributed by atoms with Gasteiger partial charge in [-0.3, -0.25) is 0 Å². The number of hydrogen-bond acceptors (Lipinski definition) is 2. The summed E-state index contributed by atoms with van der Waals surface area (Å²) in [6.45, 7) is 8.74. The maximum Gasteiger partial charge on any atom is 0.254 e. The van der Waals surface area contributed by atoms with E-state index in [9.17, 15) is 0 Å². The van der Waals surface area contributed by atoms with Crippen LogP contribution in [-0.2, 0) is 4.43 Å². The van der Waals surface area contributed by atoms with E-state index in [0.29, 0.717) is 0 Å². The first kappa shape index (κ1) is 16.3. The van der Waals surface area contributed by atoms with Gasteiger partial charge in [-0.1, -0.05) is 81.4 Å². The Morgan fingerprint density at radius 2 is 1.24 bits per heavy atom. The minimum atomic E-state index is -2.25. The van der Waals surface area contributed by atoms with Crippen LogP contribution in [0, 0.1) is 5.41 Å². The van der Waals surface area contributed by atoms with Gasteiger partial charge in [0.2, 0.25) is 0 Å². The Morgan fingerprint density at radius 1 is 0.857 bits per heavy atom. The van der Waals surface area contributed by atoms with E-state index in [1.54, 1.807) is 0 Å². The second-order valence-corrected chi connectivity index (χ2v) is 10.5. The highest BCUT2D eigenvalue weighted by atomic mass is 32.1. The molecule has 1 unspecified atom stereocenters. The van der Waals surface area contributed by atoms with Crippen LogP contribution in [0.3, 0.4) is 0 Å². The van der Waals surface area contributed by atoms with Gasteiger partial charge in [-0.2, -0.15) is 0 Å². The van der Waals surface area contributed by atoms with E-state index in [2.05, 4.69) is 75.8 Å². The van der Waals surface area contributed by atoms with E-state index in [0.717, 1.165) is 0 Å². The topological polar surface area (TPSA) is 9.23 Å². The second kappa shape index (κ2) is 6.38. The fourth-order valence-electron chi connectivity index (χ4n) is 2.22. The van der Waals surface area contributed by atoms with Gasteiger partial charge in [-0.05, 0) is 22.3 Å². The lowest BCUT2D eigenvalue weighted by Gasteiger charge is -2.36. The first-order valence-corrected chi connectivity index (χ1v) is 10.2. The lowest BCUT2D eigenvalue weighted by molar-refractivity contribution is 0.165. The molecule has 0 spiro atoms. The molecule has 0 radical (unpaired) electrons. The highest BCUT2D eigenvalue weighted by molar-refractivity contribution is 7.80. The molecular formula is C18H24OSSi. The molecule has 0 aliphatic rings. The molecule has 0 saturated carbocycles. The summed E-state index contributed by atoms with van der Waals surface area (Å²) in [7, 11) is -2.25. The minimum Gasteiger partial charge on any atom is -0.396 e. The summed E-state index contributed by atoms with van der Waals surface area (Å²) in [5, 5.41) is 2.55. The van der Waals surface area contributed by atoms with E-state index in [1.165, 1.54) is 10.4 Å². The fourth-order valence-corrected chi connectivity index (χ4v) is 5.91. The van der Waals surface area contributed by atoms with E-state index >= 15 is 0 Å². The van der Waals surface area contributed by atoms with E-state index in [1.807, 2.05) is 12.1 Å². The number of benzene rings is 2. The van der Waals surface area contributed by atoms with Crippen molar-refractivity contribution < 1.29 is 4.43 Å². The average molecular weight is 317 g/mol. The summed E-state index contributed by atoms with van der Waals surface area (Å²) >= 11 is 4.72. The Balaban J connectivity index is 2.45. The van der Waals surface area contributed by atoms with Gasteiger partial charge in [-0.15, -0.1) is 12.6 Å². The third kappa shape index (κ3) is 3.79. The molecule has 21 heavy (non-hydrogen) atoms. The summed E-state index contributed by atoms with van der Waals surface area (Å²) < 4.78 is 6.58. The van der Waals surface area contributed by atoms with E-state index in [-0.39, 0.29) is 10.9 Å². The van der Waals surface area contributed by atoms with Crippen molar-refractivity contribution in [3.63, 3.8) is 0 Å². The molecule has 0 N–H and O–H groups in total. The van der Waals surface area contributed by atoms with Crippen LogP contribution in [0.4, 0.5) is 0 Å². The highest BCUT2D eigenvalue weighted by Gasteiger charge is 2.38. The molecule has 0 aromatic heterocycles. The summed E-state index contributed by atoms with van der Waals surface area (Å²) in [6.07, 6.45) is 0. The van der Waals surface area contributed by atoms with Crippen LogP contribution in [0.25, 0.3) is 0 Å². The number of rotatable bonds is 4. The molecule has 0 aliphatic heterocycles. The van der Waals surface area contributed by atoms with Crippen molar-refractivity contribution in [2.24, 2.45) is 5.41 Å². The van der Waals surface area contributed by atoms with Crippen LogP contribution in [0.15, 0.2) is 60.7 Å². The Bertz CT molecular complexity index is 523. The van der Waals surface area contributed by atoms with Gasteiger partial charge in [0, 0.05) is 0 Å². The van der Waals surface area contributed by atoms with Crippen LogP contribution < -0.4 is 10.4 Å². The van der Waals surface area contributed by atoms with Crippen molar-refractivity contribution in [3.8, 4) is 0 Å². The Morgan fingerprint density at radius 3 is 1.57 bits per heavy atom. The molecule has 0 fully saturated rings. The number of hydrogen-bond donors (Lipinski definition) is 1. The minimum absolute atomic E-state index is 0.000924. The molecule has 0 heterocycles. The monoisotopic (exact) mass is 316 g/mol. The van der Waals surface area contributed by atoms with Crippen molar-refractivity contribution in [2.75, 3.05) is 0 Å². The molecule has 1 atom stereocenters. The van der Waals surface area contributed by atoms with Crippen molar-refractivity contribution in [3.05, 3.63) is 60.7 Å². The SMILES string of the molecule is CC(C)(C)C(S)O[Si](C)(c1ccccc1)c1ccccc1. The van der Waals surface area contributed by atoms with Crippen molar-refractivity contribution in [1.82, 2.24) is 0 Å². The summed E-state index contributed by atoms with van der Waals surface area (Å²) in [4.78, 5) is 0. The van der Waals surface area contributed by atoms with Crippen LogP contribution in [0.1, 0.15) is 20.8 Å². The number of thiol groups is 1. The van der Waals surface area contributed by atoms with Crippen molar-refractivity contribution >= 4 is 31.3 Å². The van der Waals surface area contributed by atoms with Gasteiger partial charge in [-0.25, -0.2) is 0 Å². The van der Waals surface area contributed by atoms with Crippen LogP contribution in [0.2, 0.25) is 6.55 Å². The third-order valence-corrected chi connectivity index (χ3v) is 8.39.